The summed E-state index contributed by atoms with van der Waals surface area (Å²) in [6, 6.07) is 0. The minimum atomic E-state index is -1.07. The van der Waals surface area contributed by atoms with Crippen molar-refractivity contribution in [2.75, 3.05) is 11.5 Å². The third-order valence-corrected chi connectivity index (χ3v) is 4.48. The topological polar surface area (TPSA) is 55.8 Å². The molecule has 0 saturated heterocycles. The fraction of sp³-hybridized carbons (Fsp3) is 0.700. The summed E-state index contributed by atoms with van der Waals surface area (Å²) >= 11 is 5.38. The molecule has 0 amide bonds. The van der Waals surface area contributed by atoms with Gasteiger partial charge >= 0.3 is 5.97 Å². The van der Waals surface area contributed by atoms with E-state index in [1.165, 1.54) is 7.11 Å². The number of carbonyl (C=O) groups is 1. The molecular formula is C10H14BrIO4. The summed E-state index contributed by atoms with van der Waals surface area (Å²) in [4.78, 5) is 11.7. The molecule has 0 saturated carbocycles. The van der Waals surface area contributed by atoms with Gasteiger partial charge in [0.2, 0.25) is 0 Å². The molecular weight excluding hydrogens is 391 g/mol. The van der Waals surface area contributed by atoms with Gasteiger partial charge in [-0.15, -0.1) is 0 Å². The van der Waals surface area contributed by atoms with Crippen LogP contribution in [0.15, 0.2) is 10.1 Å². The summed E-state index contributed by atoms with van der Waals surface area (Å²) in [5.41, 5.74) is 0.278. The quantitative estimate of drug-likeness (QED) is 0.433. The molecule has 4 nitrogen and oxygen atoms in total. The van der Waals surface area contributed by atoms with Crippen molar-refractivity contribution in [2.24, 2.45) is 0 Å². The fourth-order valence-electron chi connectivity index (χ4n) is 1.52. The number of halogens is 2. The number of rotatable bonds is 5. The van der Waals surface area contributed by atoms with Gasteiger partial charge in [0.05, 0.1) is 20.6 Å². The molecule has 16 heavy (non-hydrogen) atoms. The number of esters is 1. The Bertz CT molecular complexity index is 312. The molecule has 1 aliphatic rings. The summed E-state index contributed by atoms with van der Waals surface area (Å²) in [5.74, 6) is -1.58. The number of methoxy groups -OCH3 is 1. The second-order valence-corrected chi connectivity index (χ2v) is 5.07. The molecule has 0 spiro atoms. The lowest BCUT2D eigenvalue weighted by Gasteiger charge is -2.24. The molecule has 0 aromatic heterocycles. The number of aliphatic hydroxyl groups is 1. The first-order chi connectivity index (χ1) is 7.52. The molecule has 92 valence electrons. The highest BCUT2D eigenvalue weighted by atomic mass is 127. The summed E-state index contributed by atoms with van der Waals surface area (Å²) < 4.78 is 11.4. The van der Waals surface area contributed by atoms with Crippen LogP contribution in [0.5, 0.6) is 0 Å². The smallest absolute Gasteiger partial charge is 0.340 e. The van der Waals surface area contributed by atoms with Crippen molar-refractivity contribution in [3.05, 3.63) is 10.1 Å². The van der Waals surface area contributed by atoms with E-state index < -0.39 is 17.9 Å². The van der Waals surface area contributed by atoms with E-state index in [1.807, 2.05) is 6.92 Å². The number of aliphatic hydroxyl groups excluding tert-OH is 1. The highest BCUT2D eigenvalue weighted by Gasteiger charge is 2.48. The van der Waals surface area contributed by atoms with E-state index in [0.717, 1.165) is 6.42 Å². The molecule has 0 aliphatic carbocycles. The average molecular weight is 405 g/mol. The molecule has 1 heterocycles. The number of carbonyl (C=O) groups excluding carboxylic acids is 1. The van der Waals surface area contributed by atoms with Crippen LogP contribution in [0, 0.1) is 0 Å². The lowest BCUT2D eigenvalue weighted by molar-refractivity contribution is -0.180. The van der Waals surface area contributed by atoms with E-state index in [2.05, 4.69) is 38.5 Å². The van der Waals surface area contributed by atoms with Gasteiger partial charge in [-0.05, 0) is 22.4 Å². The van der Waals surface area contributed by atoms with Gasteiger partial charge in [-0.3, -0.25) is 0 Å². The molecule has 0 fully saturated rings. The predicted octanol–water partition coefficient (Wildman–Crippen LogP) is 2.13. The summed E-state index contributed by atoms with van der Waals surface area (Å²) in [7, 11) is 1.47. The highest BCUT2D eigenvalue weighted by molar-refractivity contribution is 14.1. The van der Waals surface area contributed by atoms with Crippen molar-refractivity contribution >= 4 is 44.5 Å². The van der Waals surface area contributed by atoms with Crippen LogP contribution in [0.2, 0.25) is 0 Å². The van der Waals surface area contributed by atoms with Crippen LogP contribution in [-0.4, -0.2) is 34.5 Å². The Hall–Kier alpha value is 0.340. The van der Waals surface area contributed by atoms with Crippen molar-refractivity contribution in [2.45, 2.75) is 31.7 Å². The van der Waals surface area contributed by atoms with Crippen LogP contribution in [0.4, 0.5) is 0 Å². The largest absolute Gasteiger partial charge is 0.424 e. The molecule has 0 aromatic carbocycles. The predicted molar refractivity (Wildman–Crippen MR) is 71.6 cm³/mol. The van der Waals surface area contributed by atoms with Crippen molar-refractivity contribution in [1.82, 2.24) is 0 Å². The Labute approximate surface area is 117 Å². The van der Waals surface area contributed by atoms with Crippen LogP contribution >= 0.6 is 38.5 Å². The van der Waals surface area contributed by atoms with Crippen LogP contribution in [0.1, 0.15) is 19.8 Å². The maximum atomic E-state index is 11.7. The number of hydrogen-bond acceptors (Lipinski definition) is 4. The van der Waals surface area contributed by atoms with Gasteiger partial charge in [0.15, 0.2) is 0 Å². The minimum absolute atomic E-state index is 0.278. The van der Waals surface area contributed by atoms with Crippen LogP contribution in [-0.2, 0) is 14.3 Å². The second kappa shape index (κ2) is 5.79. The Kier molecular flexibility index (Phi) is 5.21. The van der Waals surface area contributed by atoms with Crippen molar-refractivity contribution in [1.29, 1.82) is 0 Å². The molecule has 1 N–H and O–H groups in total. The van der Waals surface area contributed by atoms with Gasteiger partial charge in [-0.2, -0.15) is 0 Å². The SMILES string of the molecule is CCCC(O)C1=C(Br)C(CI)(OC)OC1=O. The standard InChI is InChI=1S/C10H14BrIO4/c1-3-4-6(13)7-8(11)10(5-12,15-2)16-9(7)14/h6,13H,3-5H2,1-2H3. The number of alkyl halides is 1. The van der Waals surface area contributed by atoms with E-state index in [-0.39, 0.29) is 5.57 Å². The van der Waals surface area contributed by atoms with Gasteiger partial charge in [-0.25, -0.2) is 4.79 Å². The highest BCUT2D eigenvalue weighted by Crippen LogP contribution is 2.40. The van der Waals surface area contributed by atoms with Gasteiger partial charge in [-0.1, -0.05) is 35.9 Å². The molecule has 0 aromatic rings. The van der Waals surface area contributed by atoms with Gasteiger partial charge < -0.3 is 14.6 Å². The maximum Gasteiger partial charge on any atom is 0.340 e. The third kappa shape index (κ3) is 2.44. The Morgan fingerprint density at radius 1 is 1.69 bits per heavy atom. The first-order valence-electron chi connectivity index (χ1n) is 4.95. The molecule has 2 unspecified atom stereocenters. The molecule has 1 rings (SSSR count). The number of hydrogen-bond donors (Lipinski definition) is 1. The van der Waals surface area contributed by atoms with E-state index in [9.17, 15) is 9.90 Å². The van der Waals surface area contributed by atoms with E-state index in [0.29, 0.717) is 15.3 Å². The van der Waals surface area contributed by atoms with Gasteiger partial charge in [0, 0.05) is 7.11 Å². The zero-order valence-electron chi connectivity index (χ0n) is 9.13. The Morgan fingerprint density at radius 3 is 2.69 bits per heavy atom. The zero-order chi connectivity index (χ0) is 12.3. The third-order valence-electron chi connectivity index (χ3n) is 2.45. The fourth-order valence-corrected chi connectivity index (χ4v) is 3.70. The average Bonchev–Trinajstić information content (AvgIpc) is 2.51. The molecule has 0 radical (unpaired) electrons. The number of cyclic esters (lactones) is 1. The molecule has 6 heteroatoms. The maximum absolute atomic E-state index is 11.7. The van der Waals surface area contributed by atoms with Crippen molar-refractivity contribution in [3.63, 3.8) is 0 Å². The van der Waals surface area contributed by atoms with Crippen molar-refractivity contribution < 1.29 is 19.4 Å². The summed E-state index contributed by atoms with van der Waals surface area (Å²) in [5, 5.41) is 9.87. The molecule has 2 atom stereocenters. The number of ether oxygens (including phenoxy) is 2. The van der Waals surface area contributed by atoms with E-state index >= 15 is 0 Å². The first-order valence-corrected chi connectivity index (χ1v) is 7.27. The van der Waals surface area contributed by atoms with Crippen LogP contribution in [0.3, 0.4) is 0 Å². The molecule has 0 bridgehead atoms. The van der Waals surface area contributed by atoms with Gasteiger partial charge in [0.25, 0.3) is 5.79 Å². The normalized spacial score (nSPS) is 27.2. The van der Waals surface area contributed by atoms with E-state index in [4.69, 9.17) is 9.47 Å². The van der Waals surface area contributed by atoms with Gasteiger partial charge in [0.1, 0.15) is 0 Å². The Balaban J connectivity index is 3.05. The Morgan fingerprint density at radius 2 is 2.31 bits per heavy atom. The van der Waals surface area contributed by atoms with E-state index in [1.54, 1.807) is 0 Å². The lowest BCUT2D eigenvalue weighted by Crippen LogP contribution is -2.34. The second-order valence-electron chi connectivity index (χ2n) is 3.51. The monoisotopic (exact) mass is 404 g/mol. The van der Waals surface area contributed by atoms with Crippen LogP contribution < -0.4 is 0 Å². The van der Waals surface area contributed by atoms with Crippen molar-refractivity contribution in [3.8, 4) is 0 Å². The van der Waals surface area contributed by atoms with Crippen LogP contribution in [0.25, 0.3) is 0 Å². The minimum Gasteiger partial charge on any atom is -0.424 e. The molecule has 1 aliphatic heterocycles. The first kappa shape index (κ1) is 14.4. The summed E-state index contributed by atoms with van der Waals surface area (Å²) in [6.07, 6.45) is 0.523. The lowest BCUT2D eigenvalue weighted by atomic mass is 10.1. The zero-order valence-corrected chi connectivity index (χ0v) is 12.9. The summed E-state index contributed by atoms with van der Waals surface area (Å²) in [6.45, 7) is 1.94.